The molecule has 3 aromatic carbocycles. The summed E-state index contributed by atoms with van der Waals surface area (Å²) < 4.78 is 48.2. The number of hydrogen-bond acceptors (Lipinski definition) is 6. The van der Waals surface area contributed by atoms with Crippen molar-refractivity contribution >= 4 is 28.6 Å². The molecule has 4 aromatic rings. The van der Waals surface area contributed by atoms with Crippen LogP contribution in [0.4, 0.5) is 23.7 Å². The number of halogens is 3. The van der Waals surface area contributed by atoms with E-state index < -0.39 is 12.4 Å². The van der Waals surface area contributed by atoms with Crippen LogP contribution in [-0.4, -0.2) is 51.2 Å². The van der Waals surface area contributed by atoms with Crippen molar-refractivity contribution in [3.05, 3.63) is 84.2 Å². The van der Waals surface area contributed by atoms with Crippen molar-refractivity contribution in [1.29, 1.82) is 0 Å². The van der Waals surface area contributed by atoms with Gasteiger partial charge in [-0.15, -0.1) is 18.3 Å². The maximum atomic E-state index is 13.0. The van der Waals surface area contributed by atoms with Gasteiger partial charge in [-0.05, 0) is 60.7 Å². The molecule has 13 heteroatoms. The number of hydrogen-bond donors (Lipinski definition) is 1. The minimum atomic E-state index is -4.76. The number of thioether (sulfide) groups is 1. The van der Waals surface area contributed by atoms with E-state index >= 15 is 0 Å². The number of nitrogens with zero attached hydrogens (tertiary/aromatic N) is 5. The highest BCUT2D eigenvalue weighted by Gasteiger charge is 2.31. The lowest BCUT2D eigenvalue weighted by atomic mass is 9.99. The van der Waals surface area contributed by atoms with Gasteiger partial charge in [-0.1, -0.05) is 55.9 Å². The normalized spacial score (nSPS) is 16.2. The molecule has 1 fully saturated rings. The molecule has 0 aliphatic carbocycles. The topological polar surface area (TPSA) is 93.9 Å². The van der Waals surface area contributed by atoms with E-state index in [2.05, 4.69) is 56.9 Å². The van der Waals surface area contributed by atoms with Crippen LogP contribution in [0, 0.1) is 0 Å². The third-order valence-electron chi connectivity index (χ3n) is 7.21. The van der Waals surface area contributed by atoms with E-state index in [-0.39, 0.29) is 24.3 Å². The molecule has 1 unspecified atom stereocenters. The minimum Gasteiger partial charge on any atom is -0.497 e. The van der Waals surface area contributed by atoms with Crippen LogP contribution in [0.3, 0.4) is 0 Å². The number of methoxy groups -OCH3 is 1. The predicted octanol–water partition coefficient (Wildman–Crippen LogP) is 7.56. The Hall–Kier alpha value is -4.52. The first-order valence-corrected chi connectivity index (χ1v) is 15.3. The third-order valence-corrected chi connectivity index (χ3v) is 8.20. The number of alkyl halides is 3. The van der Waals surface area contributed by atoms with Crippen molar-refractivity contribution in [3.8, 4) is 28.6 Å². The van der Waals surface area contributed by atoms with Gasteiger partial charge in [0.25, 0.3) is 0 Å². The van der Waals surface area contributed by atoms with Crippen molar-refractivity contribution in [3.63, 3.8) is 0 Å². The second-order valence-corrected chi connectivity index (χ2v) is 11.8. The molecule has 2 heterocycles. The van der Waals surface area contributed by atoms with E-state index in [1.54, 1.807) is 18.9 Å². The fourth-order valence-corrected chi connectivity index (χ4v) is 6.08. The van der Waals surface area contributed by atoms with E-state index in [1.165, 1.54) is 35.3 Å². The number of carbonyl (C=O) groups excluding carboxylic acids is 1. The number of aromatic nitrogens is 3. The summed E-state index contributed by atoms with van der Waals surface area (Å²) in [4.78, 5) is 23.9. The predicted molar refractivity (Wildman–Crippen MR) is 169 cm³/mol. The molecule has 1 aliphatic rings. The largest absolute Gasteiger partial charge is 0.573 e. The summed E-state index contributed by atoms with van der Waals surface area (Å²) in [7, 11) is 1.64. The van der Waals surface area contributed by atoms with Crippen molar-refractivity contribution in [2.75, 3.05) is 17.8 Å². The highest BCUT2D eigenvalue weighted by Crippen LogP contribution is 2.37. The first-order chi connectivity index (χ1) is 21.5. The fraction of sp³-hybridized carbons (Fsp3) is 0.312. The summed E-state index contributed by atoms with van der Waals surface area (Å²) in [5, 5.41) is 7.97. The lowest BCUT2D eigenvalue weighted by Gasteiger charge is -2.37. The molecular formula is C32H33F3N6O3S. The van der Waals surface area contributed by atoms with Gasteiger partial charge in [-0.2, -0.15) is 4.99 Å². The number of urea groups is 1. The second kappa shape index (κ2) is 13.6. The number of carbonyl (C=O) groups is 1. The van der Waals surface area contributed by atoms with Crippen LogP contribution < -0.4 is 19.7 Å². The van der Waals surface area contributed by atoms with Gasteiger partial charge in [0.05, 0.1) is 18.5 Å². The first kappa shape index (κ1) is 31.9. The average Bonchev–Trinajstić information content (AvgIpc) is 3.50. The molecule has 0 saturated carbocycles. The molecule has 236 valence electrons. The summed E-state index contributed by atoms with van der Waals surface area (Å²) in [5.74, 6) is 2.02. The van der Waals surface area contributed by atoms with Crippen LogP contribution in [0.25, 0.3) is 17.1 Å². The number of nitrogens with one attached hydrogen (secondary N) is 1. The van der Waals surface area contributed by atoms with Gasteiger partial charge in [0, 0.05) is 30.0 Å². The highest BCUT2D eigenvalue weighted by atomic mass is 32.2. The van der Waals surface area contributed by atoms with E-state index in [9.17, 15) is 18.0 Å². The maximum absolute atomic E-state index is 13.0. The number of ether oxygens (including phenoxy) is 2. The van der Waals surface area contributed by atoms with Crippen LogP contribution in [-0.2, 0) is 6.54 Å². The van der Waals surface area contributed by atoms with Crippen LogP contribution in [0.15, 0.2) is 78.0 Å². The number of anilines is 1. The number of rotatable bonds is 8. The summed E-state index contributed by atoms with van der Waals surface area (Å²) in [6, 6.07) is 18.5. The van der Waals surface area contributed by atoms with Crippen molar-refractivity contribution in [2.45, 2.75) is 52.1 Å². The third kappa shape index (κ3) is 7.96. The van der Waals surface area contributed by atoms with E-state index in [0.29, 0.717) is 16.7 Å². The zero-order chi connectivity index (χ0) is 32.1. The van der Waals surface area contributed by atoms with Crippen LogP contribution in [0.5, 0.6) is 11.5 Å². The quantitative estimate of drug-likeness (QED) is 0.213. The number of amidine groups is 1. The monoisotopic (exact) mass is 638 g/mol. The maximum Gasteiger partial charge on any atom is 0.573 e. The standard InChI is InChI=1S/C32H33F3N6O3S/c1-20(2)27-14-13-26(43-4)17-28(27)41-21(3)15-16-45-31(41)38-30(42)36-18-22-5-7-23(8-6-22)29-37-19-40(39-29)24-9-11-25(12-10-24)44-32(33,34)35/h5-14,17,19-21H,15-16,18H2,1-4H3,(H,36,42). The Bertz CT molecular complexity index is 1660. The van der Waals surface area contributed by atoms with Gasteiger partial charge in [0.2, 0.25) is 0 Å². The zero-order valence-corrected chi connectivity index (χ0v) is 26.0. The van der Waals surface area contributed by atoms with Crippen LogP contribution >= 0.6 is 11.8 Å². The molecule has 1 atom stereocenters. The molecule has 45 heavy (non-hydrogen) atoms. The second-order valence-electron chi connectivity index (χ2n) is 10.7. The van der Waals surface area contributed by atoms with Crippen molar-refractivity contribution in [1.82, 2.24) is 20.1 Å². The van der Waals surface area contributed by atoms with Gasteiger partial charge in [0.15, 0.2) is 11.0 Å². The summed E-state index contributed by atoms with van der Waals surface area (Å²) in [6.07, 6.45) is -2.32. The molecular weight excluding hydrogens is 605 g/mol. The van der Waals surface area contributed by atoms with Gasteiger partial charge in [0.1, 0.15) is 17.8 Å². The summed E-state index contributed by atoms with van der Waals surface area (Å²) in [6.45, 7) is 6.70. The zero-order valence-electron chi connectivity index (χ0n) is 25.2. The molecule has 9 nitrogen and oxygen atoms in total. The SMILES string of the molecule is COc1ccc(C(C)C)c(N2C(=NC(=O)NCc3ccc(-c4ncn(-c5ccc(OC(F)(F)F)cc5)n4)cc3)SCCC2C)c1. The van der Waals surface area contributed by atoms with Gasteiger partial charge < -0.3 is 19.7 Å². The summed E-state index contributed by atoms with van der Waals surface area (Å²) >= 11 is 1.56. The van der Waals surface area contributed by atoms with E-state index in [0.717, 1.165) is 40.3 Å². The molecule has 0 radical (unpaired) electrons. The molecule has 0 bridgehead atoms. The van der Waals surface area contributed by atoms with E-state index in [1.807, 2.05) is 36.4 Å². The Morgan fingerprint density at radius 3 is 2.47 bits per heavy atom. The first-order valence-electron chi connectivity index (χ1n) is 14.3. The lowest BCUT2D eigenvalue weighted by molar-refractivity contribution is -0.274. The van der Waals surface area contributed by atoms with Crippen LogP contribution in [0.2, 0.25) is 0 Å². The fourth-order valence-electron chi connectivity index (χ4n) is 4.88. The Morgan fingerprint density at radius 1 is 1.09 bits per heavy atom. The summed E-state index contributed by atoms with van der Waals surface area (Å²) in [5.41, 5.74) is 4.29. The number of amides is 2. The number of aliphatic imine (C=N–C) groups is 1. The van der Waals surface area contributed by atoms with Gasteiger partial charge >= 0.3 is 12.4 Å². The Labute approximate surface area is 263 Å². The average molecular weight is 639 g/mol. The molecule has 0 spiro atoms. The smallest absolute Gasteiger partial charge is 0.497 e. The van der Waals surface area contributed by atoms with E-state index in [4.69, 9.17) is 4.74 Å². The molecule has 5 rings (SSSR count). The Balaban J connectivity index is 1.24. The van der Waals surface area contributed by atoms with Gasteiger partial charge in [-0.25, -0.2) is 14.5 Å². The number of benzene rings is 3. The molecule has 1 saturated heterocycles. The Morgan fingerprint density at radius 2 is 1.80 bits per heavy atom. The molecule has 1 N–H and O–H groups in total. The minimum absolute atomic E-state index is 0.162. The molecule has 1 aliphatic heterocycles. The van der Waals surface area contributed by atoms with Crippen LogP contribution in [0.1, 0.15) is 44.2 Å². The Kier molecular flexibility index (Phi) is 9.66. The molecule has 2 amide bonds. The van der Waals surface area contributed by atoms with Gasteiger partial charge in [-0.3, -0.25) is 0 Å². The van der Waals surface area contributed by atoms with Crippen molar-refractivity contribution in [2.24, 2.45) is 4.99 Å². The van der Waals surface area contributed by atoms with Crippen molar-refractivity contribution < 1.29 is 27.4 Å². The lowest BCUT2D eigenvalue weighted by Crippen LogP contribution is -2.42. The molecule has 1 aromatic heterocycles. The highest BCUT2D eigenvalue weighted by molar-refractivity contribution is 8.14.